The first kappa shape index (κ1) is 13.3. The topological polar surface area (TPSA) is 71.0 Å². The Balaban J connectivity index is 1.83. The summed E-state index contributed by atoms with van der Waals surface area (Å²) in [5.41, 5.74) is 1.74. The number of nitrogens with one attached hydrogen (secondary N) is 1. The van der Waals surface area contributed by atoms with E-state index in [1.165, 1.54) is 0 Å². The van der Waals surface area contributed by atoms with E-state index in [4.69, 9.17) is 11.6 Å². The zero-order chi connectivity index (χ0) is 14.1. The van der Waals surface area contributed by atoms with Gasteiger partial charge in [0.2, 0.25) is 11.2 Å². The molecule has 104 valence electrons. The number of anilines is 1. The fraction of sp³-hybridized carbons (Fsp3) is 0.333. The molecular weight excluding hydrogens is 298 g/mol. The van der Waals surface area contributed by atoms with Gasteiger partial charge < -0.3 is 10.2 Å². The molecule has 0 unspecified atom stereocenters. The SMILES string of the molecule is CC(=O)N1Cc2nc(Cl)nc(NCc3nccs3)c2C1. The maximum Gasteiger partial charge on any atom is 0.224 e. The van der Waals surface area contributed by atoms with Crippen molar-refractivity contribution in [2.75, 3.05) is 5.32 Å². The lowest BCUT2D eigenvalue weighted by Crippen LogP contribution is -2.22. The second-order valence-electron chi connectivity index (χ2n) is 4.42. The first-order valence-electron chi connectivity index (χ1n) is 6.06. The number of halogens is 1. The first-order chi connectivity index (χ1) is 9.63. The van der Waals surface area contributed by atoms with Crippen LogP contribution >= 0.6 is 22.9 Å². The summed E-state index contributed by atoms with van der Waals surface area (Å²) >= 11 is 7.51. The largest absolute Gasteiger partial charge is 0.363 e. The Morgan fingerprint density at radius 3 is 3.05 bits per heavy atom. The standard InChI is InChI=1S/C12H12ClN5OS/c1-7(19)18-5-8-9(6-18)16-12(13)17-11(8)15-4-10-14-2-3-20-10/h2-3H,4-6H2,1H3,(H,15,16,17). The smallest absolute Gasteiger partial charge is 0.224 e. The number of fused-ring (bicyclic) bond motifs is 1. The van der Waals surface area contributed by atoms with Crippen molar-refractivity contribution in [1.29, 1.82) is 0 Å². The Morgan fingerprint density at radius 1 is 1.50 bits per heavy atom. The van der Waals surface area contributed by atoms with Crippen LogP contribution in [-0.2, 0) is 24.4 Å². The lowest BCUT2D eigenvalue weighted by molar-refractivity contribution is -0.129. The molecule has 2 aromatic rings. The number of carbonyl (C=O) groups excluding carboxylic acids is 1. The zero-order valence-corrected chi connectivity index (χ0v) is 12.3. The van der Waals surface area contributed by atoms with Gasteiger partial charge in [-0.15, -0.1) is 11.3 Å². The van der Waals surface area contributed by atoms with Gasteiger partial charge in [0.15, 0.2) is 0 Å². The molecule has 0 fully saturated rings. The Labute approximate surface area is 124 Å². The number of hydrogen-bond donors (Lipinski definition) is 1. The molecule has 3 rings (SSSR count). The molecule has 0 saturated carbocycles. The molecule has 2 aromatic heterocycles. The van der Waals surface area contributed by atoms with Crippen molar-refractivity contribution in [2.24, 2.45) is 0 Å². The van der Waals surface area contributed by atoms with Crippen LogP contribution in [0.25, 0.3) is 0 Å². The van der Waals surface area contributed by atoms with Crippen molar-refractivity contribution in [3.8, 4) is 0 Å². The highest BCUT2D eigenvalue weighted by Gasteiger charge is 2.26. The van der Waals surface area contributed by atoms with Gasteiger partial charge in [0, 0.05) is 24.1 Å². The van der Waals surface area contributed by atoms with Crippen molar-refractivity contribution in [2.45, 2.75) is 26.6 Å². The van der Waals surface area contributed by atoms with Gasteiger partial charge in [0.25, 0.3) is 0 Å². The molecule has 0 aliphatic carbocycles. The van der Waals surface area contributed by atoms with Crippen molar-refractivity contribution >= 4 is 34.7 Å². The lowest BCUT2D eigenvalue weighted by Gasteiger charge is -2.11. The molecule has 0 spiro atoms. The highest BCUT2D eigenvalue weighted by molar-refractivity contribution is 7.09. The minimum atomic E-state index is 0.0185. The van der Waals surface area contributed by atoms with Crippen LogP contribution in [0.3, 0.4) is 0 Å². The summed E-state index contributed by atoms with van der Waals surface area (Å²) in [5.74, 6) is 0.698. The molecule has 3 heterocycles. The molecule has 0 bridgehead atoms. The van der Waals surface area contributed by atoms with Gasteiger partial charge in [0.1, 0.15) is 10.8 Å². The molecule has 1 N–H and O–H groups in total. The van der Waals surface area contributed by atoms with Gasteiger partial charge in [-0.05, 0) is 11.6 Å². The van der Waals surface area contributed by atoms with E-state index in [0.717, 1.165) is 16.3 Å². The van der Waals surface area contributed by atoms with Crippen molar-refractivity contribution in [3.63, 3.8) is 0 Å². The maximum absolute atomic E-state index is 11.5. The summed E-state index contributed by atoms with van der Waals surface area (Å²) in [5, 5.41) is 6.30. The van der Waals surface area contributed by atoms with E-state index in [1.54, 1.807) is 29.4 Å². The minimum Gasteiger partial charge on any atom is -0.363 e. The predicted octanol–water partition coefficient (Wildman–Crippen LogP) is 2.06. The van der Waals surface area contributed by atoms with Crippen LogP contribution in [-0.4, -0.2) is 25.8 Å². The number of hydrogen-bond acceptors (Lipinski definition) is 6. The fourth-order valence-electron chi connectivity index (χ4n) is 2.09. The molecule has 20 heavy (non-hydrogen) atoms. The van der Waals surface area contributed by atoms with Crippen LogP contribution in [0.4, 0.5) is 5.82 Å². The van der Waals surface area contributed by atoms with Gasteiger partial charge in [-0.1, -0.05) is 0 Å². The van der Waals surface area contributed by atoms with E-state index in [1.807, 2.05) is 5.38 Å². The second-order valence-corrected chi connectivity index (χ2v) is 5.74. The molecule has 0 atom stereocenters. The zero-order valence-electron chi connectivity index (χ0n) is 10.8. The summed E-state index contributed by atoms with van der Waals surface area (Å²) in [4.78, 5) is 25.8. The van der Waals surface area contributed by atoms with E-state index in [9.17, 15) is 4.79 Å². The van der Waals surface area contributed by atoms with E-state index < -0.39 is 0 Å². The normalized spacial score (nSPS) is 13.4. The Hall–Kier alpha value is -1.73. The molecule has 1 aliphatic heterocycles. The monoisotopic (exact) mass is 309 g/mol. The van der Waals surface area contributed by atoms with Crippen LogP contribution in [0.2, 0.25) is 5.28 Å². The Kier molecular flexibility index (Phi) is 3.54. The third kappa shape index (κ3) is 2.59. The molecule has 1 amide bonds. The molecule has 0 saturated heterocycles. The van der Waals surface area contributed by atoms with Crippen molar-refractivity contribution < 1.29 is 4.79 Å². The Morgan fingerprint density at radius 2 is 2.35 bits per heavy atom. The third-order valence-corrected chi connectivity index (χ3v) is 4.04. The fourth-order valence-corrected chi connectivity index (χ4v) is 2.84. The van der Waals surface area contributed by atoms with Crippen LogP contribution in [0.5, 0.6) is 0 Å². The molecule has 1 aliphatic rings. The number of aromatic nitrogens is 3. The van der Waals surface area contributed by atoms with E-state index in [2.05, 4.69) is 20.3 Å². The number of rotatable bonds is 3. The Bertz CT molecular complexity index is 646. The van der Waals surface area contributed by atoms with Gasteiger partial charge in [-0.3, -0.25) is 4.79 Å². The summed E-state index contributed by atoms with van der Waals surface area (Å²) in [7, 11) is 0. The maximum atomic E-state index is 11.5. The third-order valence-electron chi connectivity index (χ3n) is 3.09. The van der Waals surface area contributed by atoms with Gasteiger partial charge in [-0.25, -0.2) is 15.0 Å². The summed E-state index contributed by atoms with van der Waals surface area (Å²) < 4.78 is 0. The average Bonchev–Trinajstić information content (AvgIpc) is 3.04. The summed E-state index contributed by atoms with van der Waals surface area (Å²) in [6.45, 7) is 3.13. The number of nitrogens with zero attached hydrogens (tertiary/aromatic N) is 4. The number of amides is 1. The second kappa shape index (κ2) is 5.34. The molecular formula is C12H12ClN5OS. The van der Waals surface area contributed by atoms with Crippen molar-refractivity contribution in [3.05, 3.63) is 33.1 Å². The van der Waals surface area contributed by atoms with Crippen LogP contribution in [0.15, 0.2) is 11.6 Å². The molecule has 6 nitrogen and oxygen atoms in total. The van der Waals surface area contributed by atoms with Gasteiger partial charge >= 0.3 is 0 Å². The van der Waals surface area contributed by atoms with Crippen LogP contribution < -0.4 is 5.32 Å². The first-order valence-corrected chi connectivity index (χ1v) is 7.32. The minimum absolute atomic E-state index is 0.0185. The van der Waals surface area contributed by atoms with Crippen LogP contribution in [0, 0.1) is 0 Å². The van der Waals surface area contributed by atoms with Crippen LogP contribution in [0.1, 0.15) is 23.2 Å². The highest BCUT2D eigenvalue weighted by Crippen LogP contribution is 2.28. The summed E-state index contributed by atoms with van der Waals surface area (Å²) in [6, 6.07) is 0. The highest BCUT2D eigenvalue weighted by atomic mass is 35.5. The summed E-state index contributed by atoms with van der Waals surface area (Å²) in [6.07, 6.45) is 1.76. The van der Waals surface area contributed by atoms with E-state index in [0.29, 0.717) is 25.5 Å². The van der Waals surface area contributed by atoms with Crippen molar-refractivity contribution in [1.82, 2.24) is 19.9 Å². The lowest BCUT2D eigenvalue weighted by atomic mass is 10.2. The molecule has 0 aromatic carbocycles. The quantitative estimate of drug-likeness (QED) is 0.879. The predicted molar refractivity (Wildman–Crippen MR) is 76.4 cm³/mol. The average molecular weight is 310 g/mol. The molecule has 0 radical (unpaired) electrons. The van der Waals surface area contributed by atoms with E-state index >= 15 is 0 Å². The molecule has 8 heteroatoms. The van der Waals surface area contributed by atoms with E-state index in [-0.39, 0.29) is 11.2 Å². The van der Waals surface area contributed by atoms with Gasteiger partial charge in [0.05, 0.1) is 25.3 Å². The number of thiazole rings is 1. The number of carbonyl (C=O) groups is 1. The van der Waals surface area contributed by atoms with Gasteiger partial charge in [-0.2, -0.15) is 0 Å².